The van der Waals surface area contributed by atoms with Gasteiger partial charge in [-0.2, -0.15) is 23.5 Å². The third kappa shape index (κ3) is 10.7. The van der Waals surface area contributed by atoms with Crippen LogP contribution in [0.25, 0.3) is 0 Å². The molecule has 0 amide bonds. The van der Waals surface area contributed by atoms with Crippen LogP contribution in [-0.2, 0) is 0 Å². The van der Waals surface area contributed by atoms with Crippen molar-refractivity contribution in [1.82, 2.24) is 0 Å². The molecule has 4 heteroatoms. The van der Waals surface area contributed by atoms with Crippen molar-refractivity contribution in [3.8, 4) is 5.75 Å². The molecular weight excluding hydrogens is 456 g/mol. The van der Waals surface area contributed by atoms with Crippen LogP contribution in [0.4, 0.5) is 0 Å². The Hall–Kier alpha value is -0.320. The van der Waals surface area contributed by atoms with E-state index < -0.39 is 0 Å². The minimum absolute atomic E-state index is 0.0965. The molecule has 0 radical (unpaired) electrons. The van der Waals surface area contributed by atoms with Gasteiger partial charge in [-0.1, -0.05) is 96.8 Å². The third-order valence-corrected chi connectivity index (χ3v) is 9.76. The van der Waals surface area contributed by atoms with Crippen molar-refractivity contribution in [2.24, 2.45) is 0 Å². The molecule has 0 aliphatic heterocycles. The standard InChI is InChI=1S/C30H52O2S2/c1-4-7-8-9-10-11-12-15-21-32-29-26(25-17-13-14-18-25)19-16-20-27(29)30(34-23-6-3)28(31)24-33-22-5-2/h16,19-20,25,28,30-31H,4-15,17-18,21-24H2,1-3H3. The Morgan fingerprint density at radius 1 is 0.882 bits per heavy atom. The van der Waals surface area contributed by atoms with E-state index in [2.05, 4.69) is 39.0 Å². The van der Waals surface area contributed by atoms with Crippen LogP contribution in [0.5, 0.6) is 5.75 Å². The zero-order chi connectivity index (χ0) is 24.4. The number of aliphatic hydroxyl groups is 1. The fourth-order valence-corrected chi connectivity index (χ4v) is 7.21. The van der Waals surface area contributed by atoms with Crippen LogP contribution in [0.3, 0.4) is 0 Å². The highest BCUT2D eigenvalue weighted by Gasteiger charge is 2.29. The fourth-order valence-electron chi connectivity index (χ4n) is 5.02. The minimum atomic E-state index is -0.336. The predicted octanol–water partition coefficient (Wildman–Crippen LogP) is 9.55. The molecule has 1 aliphatic carbocycles. The molecule has 0 aromatic heterocycles. The summed E-state index contributed by atoms with van der Waals surface area (Å²) < 4.78 is 6.63. The predicted molar refractivity (Wildman–Crippen MR) is 155 cm³/mol. The van der Waals surface area contributed by atoms with Crippen LogP contribution in [0.15, 0.2) is 18.2 Å². The number of ether oxygens (including phenoxy) is 1. The van der Waals surface area contributed by atoms with Crippen molar-refractivity contribution < 1.29 is 9.84 Å². The molecular formula is C30H52O2S2. The molecule has 1 aliphatic rings. The summed E-state index contributed by atoms with van der Waals surface area (Å²) in [5.74, 6) is 4.74. The molecule has 196 valence electrons. The monoisotopic (exact) mass is 508 g/mol. The number of benzene rings is 1. The number of unbranched alkanes of at least 4 members (excludes halogenated alkanes) is 7. The first-order valence-electron chi connectivity index (χ1n) is 14.4. The number of hydrogen-bond donors (Lipinski definition) is 1. The molecule has 1 aromatic carbocycles. The van der Waals surface area contributed by atoms with Crippen LogP contribution in [0.1, 0.15) is 133 Å². The quantitative estimate of drug-likeness (QED) is 0.178. The van der Waals surface area contributed by atoms with Crippen molar-refractivity contribution in [3.05, 3.63) is 29.3 Å². The first kappa shape index (κ1) is 29.9. The lowest BCUT2D eigenvalue weighted by atomic mass is 9.93. The van der Waals surface area contributed by atoms with Crippen molar-refractivity contribution in [2.75, 3.05) is 23.9 Å². The number of thioether (sulfide) groups is 2. The van der Waals surface area contributed by atoms with Gasteiger partial charge in [0.1, 0.15) is 5.75 Å². The maximum absolute atomic E-state index is 11.2. The lowest BCUT2D eigenvalue weighted by molar-refractivity contribution is 0.194. The Kier molecular flexibility index (Phi) is 16.6. The summed E-state index contributed by atoms with van der Waals surface area (Å²) in [5, 5.41) is 11.3. The summed E-state index contributed by atoms with van der Waals surface area (Å²) in [7, 11) is 0. The first-order chi connectivity index (χ1) is 16.7. The lowest BCUT2D eigenvalue weighted by Gasteiger charge is -2.27. The third-order valence-electron chi connectivity index (χ3n) is 6.91. The van der Waals surface area contributed by atoms with E-state index in [1.54, 1.807) is 0 Å². The second-order valence-electron chi connectivity index (χ2n) is 10.0. The molecule has 0 saturated heterocycles. The van der Waals surface area contributed by atoms with Crippen LogP contribution >= 0.6 is 23.5 Å². The molecule has 1 saturated carbocycles. The normalized spacial score (nSPS) is 16.1. The summed E-state index contributed by atoms with van der Waals surface area (Å²) in [6.07, 6.45) is 17.7. The van der Waals surface area contributed by atoms with Gasteiger partial charge >= 0.3 is 0 Å². The maximum atomic E-state index is 11.2. The highest BCUT2D eigenvalue weighted by atomic mass is 32.2. The highest BCUT2D eigenvalue weighted by Crippen LogP contribution is 2.45. The lowest BCUT2D eigenvalue weighted by Crippen LogP contribution is -2.21. The number of hydrogen-bond acceptors (Lipinski definition) is 4. The van der Waals surface area contributed by atoms with E-state index in [-0.39, 0.29) is 11.4 Å². The van der Waals surface area contributed by atoms with Gasteiger partial charge in [0.15, 0.2) is 0 Å². The number of aliphatic hydroxyl groups excluding tert-OH is 1. The average molecular weight is 509 g/mol. The van der Waals surface area contributed by atoms with E-state index in [1.165, 1.54) is 81.8 Å². The van der Waals surface area contributed by atoms with Gasteiger partial charge in [0.25, 0.3) is 0 Å². The molecule has 2 unspecified atom stereocenters. The van der Waals surface area contributed by atoms with E-state index in [9.17, 15) is 5.11 Å². The largest absolute Gasteiger partial charge is 0.493 e. The van der Waals surface area contributed by atoms with Gasteiger partial charge in [-0.05, 0) is 55.1 Å². The number of rotatable bonds is 20. The van der Waals surface area contributed by atoms with Gasteiger partial charge in [0.2, 0.25) is 0 Å². The van der Waals surface area contributed by atoms with Crippen LogP contribution in [0.2, 0.25) is 0 Å². The first-order valence-corrected chi connectivity index (χ1v) is 16.6. The van der Waals surface area contributed by atoms with Gasteiger partial charge in [0, 0.05) is 11.3 Å². The highest BCUT2D eigenvalue weighted by molar-refractivity contribution is 8.00. The molecule has 0 heterocycles. The van der Waals surface area contributed by atoms with Crippen molar-refractivity contribution in [1.29, 1.82) is 0 Å². The second-order valence-corrected chi connectivity index (χ2v) is 12.4. The van der Waals surface area contributed by atoms with E-state index in [1.807, 2.05) is 23.5 Å². The topological polar surface area (TPSA) is 29.5 Å². The molecule has 2 rings (SSSR count). The van der Waals surface area contributed by atoms with E-state index in [0.717, 1.165) is 48.9 Å². The van der Waals surface area contributed by atoms with Crippen LogP contribution < -0.4 is 4.74 Å². The molecule has 1 aromatic rings. The smallest absolute Gasteiger partial charge is 0.127 e. The summed E-state index contributed by atoms with van der Waals surface area (Å²) in [6, 6.07) is 6.77. The summed E-state index contributed by atoms with van der Waals surface area (Å²) >= 11 is 3.80. The second kappa shape index (κ2) is 18.9. The van der Waals surface area contributed by atoms with Crippen molar-refractivity contribution in [2.45, 2.75) is 128 Å². The summed E-state index contributed by atoms with van der Waals surface area (Å²) in [4.78, 5) is 0. The summed E-state index contributed by atoms with van der Waals surface area (Å²) in [5.41, 5.74) is 2.65. The average Bonchev–Trinajstić information content (AvgIpc) is 3.39. The zero-order valence-corrected chi connectivity index (χ0v) is 24.0. The Labute approximate surface area is 219 Å². The van der Waals surface area contributed by atoms with Crippen LogP contribution in [0, 0.1) is 0 Å². The molecule has 2 nitrogen and oxygen atoms in total. The summed E-state index contributed by atoms with van der Waals surface area (Å²) in [6.45, 7) is 7.53. The van der Waals surface area contributed by atoms with Gasteiger partial charge in [-0.25, -0.2) is 0 Å². The molecule has 1 N–H and O–H groups in total. The Morgan fingerprint density at radius 3 is 2.24 bits per heavy atom. The number of para-hydroxylation sites is 1. The van der Waals surface area contributed by atoms with Gasteiger partial charge < -0.3 is 9.84 Å². The fraction of sp³-hybridized carbons (Fsp3) is 0.800. The van der Waals surface area contributed by atoms with Crippen molar-refractivity contribution >= 4 is 23.5 Å². The molecule has 0 bridgehead atoms. The zero-order valence-electron chi connectivity index (χ0n) is 22.4. The Bertz CT molecular complexity index is 630. The maximum Gasteiger partial charge on any atom is 0.127 e. The van der Waals surface area contributed by atoms with Gasteiger partial charge in [-0.15, -0.1) is 0 Å². The van der Waals surface area contributed by atoms with Crippen molar-refractivity contribution in [3.63, 3.8) is 0 Å². The van der Waals surface area contributed by atoms with Gasteiger partial charge in [-0.3, -0.25) is 0 Å². The minimum Gasteiger partial charge on any atom is -0.493 e. The molecule has 0 spiro atoms. The van der Waals surface area contributed by atoms with E-state index in [0.29, 0.717) is 5.92 Å². The van der Waals surface area contributed by atoms with Crippen LogP contribution in [-0.4, -0.2) is 35.1 Å². The molecule has 1 fully saturated rings. The Morgan fingerprint density at radius 2 is 1.56 bits per heavy atom. The van der Waals surface area contributed by atoms with E-state index >= 15 is 0 Å². The SMILES string of the molecule is CCCCCCCCCCOc1c(C2CCCC2)cccc1C(SCCC)C(O)CSCCC. The molecule has 34 heavy (non-hydrogen) atoms. The molecule has 2 atom stereocenters. The van der Waals surface area contributed by atoms with E-state index in [4.69, 9.17) is 4.74 Å². The van der Waals surface area contributed by atoms with Gasteiger partial charge in [0.05, 0.1) is 18.0 Å². The Balaban J connectivity index is 2.08.